The Morgan fingerprint density at radius 1 is 1.13 bits per heavy atom. The van der Waals surface area contributed by atoms with Crippen LogP contribution in [-0.2, 0) is 9.47 Å². The molecule has 0 bridgehead atoms. The van der Waals surface area contributed by atoms with Gasteiger partial charge in [0.15, 0.2) is 6.29 Å². The second-order valence-corrected chi connectivity index (χ2v) is 3.54. The molecule has 0 aromatic heterocycles. The van der Waals surface area contributed by atoms with Crippen molar-refractivity contribution in [1.82, 2.24) is 4.90 Å². The summed E-state index contributed by atoms with van der Waals surface area (Å²) >= 11 is 0. The molecule has 0 fully saturated rings. The fraction of sp³-hybridized carbons (Fsp3) is 1.00. The van der Waals surface area contributed by atoms with Crippen LogP contribution >= 0.6 is 0 Å². The molecule has 0 aliphatic rings. The van der Waals surface area contributed by atoms with Crippen LogP contribution < -0.4 is 0 Å². The summed E-state index contributed by atoms with van der Waals surface area (Å²) < 4.78 is 46.3. The molecule has 0 amide bonds. The van der Waals surface area contributed by atoms with Gasteiger partial charge >= 0.3 is 6.18 Å². The minimum atomic E-state index is -4.20. The molecule has 0 unspecified atom stereocenters. The molecule has 0 rings (SSSR count). The number of ether oxygens (including phenoxy) is 2. The Morgan fingerprint density at radius 2 is 1.60 bits per heavy atom. The van der Waals surface area contributed by atoms with Crippen molar-refractivity contribution >= 4 is 0 Å². The lowest BCUT2D eigenvalue weighted by Crippen LogP contribution is -2.44. The van der Waals surface area contributed by atoms with E-state index in [4.69, 9.17) is 9.47 Å². The van der Waals surface area contributed by atoms with E-state index in [1.807, 2.05) is 0 Å². The first kappa shape index (κ1) is 14.7. The van der Waals surface area contributed by atoms with E-state index >= 15 is 0 Å². The second-order valence-electron chi connectivity index (χ2n) is 3.54. The largest absolute Gasteiger partial charge is 0.401 e. The van der Waals surface area contributed by atoms with Crippen LogP contribution in [0.1, 0.15) is 13.8 Å². The van der Waals surface area contributed by atoms with E-state index in [1.54, 1.807) is 13.8 Å². The van der Waals surface area contributed by atoms with E-state index in [-0.39, 0.29) is 12.6 Å². The Hall–Kier alpha value is -0.330. The molecule has 92 valence electrons. The molecule has 6 heteroatoms. The fourth-order valence-electron chi connectivity index (χ4n) is 1.12. The van der Waals surface area contributed by atoms with Gasteiger partial charge in [0.05, 0.1) is 13.1 Å². The fourth-order valence-corrected chi connectivity index (χ4v) is 1.12. The van der Waals surface area contributed by atoms with Crippen LogP contribution in [0.4, 0.5) is 13.2 Å². The van der Waals surface area contributed by atoms with Gasteiger partial charge in [0, 0.05) is 20.3 Å². The molecular weight excluding hydrogens is 211 g/mol. The van der Waals surface area contributed by atoms with E-state index in [0.29, 0.717) is 0 Å². The Kier molecular flexibility index (Phi) is 6.16. The van der Waals surface area contributed by atoms with Crippen LogP contribution in [0.25, 0.3) is 0 Å². The standard InChI is InChI=1S/C9H18F3NO2/c1-7(2)13(6-9(10,11)12)5-8(14-3)15-4/h7-8H,5-6H2,1-4H3. The SMILES string of the molecule is COC(CN(CC(F)(F)F)C(C)C)OC. The van der Waals surface area contributed by atoms with Crippen molar-refractivity contribution in [1.29, 1.82) is 0 Å². The number of nitrogens with zero attached hydrogens (tertiary/aromatic N) is 1. The number of halogens is 3. The molecule has 0 N–H and O–H groups in total. The zero-order chi connectivity index (χ0) is 12.1. The van der Waals surface area contributed by atoms with Crippen LogP contribution in [0, 0.1) is 0 Å². The first-order valence-electron chi connectivity index (χ1n) is 4.66. The van der Waals surface area contributed by atoms with Crippen LogP contribution in [0.3, 0.4) is 0 Å². The highest BCUT2D eigenvalue weighted by Crippen LogP contribution is 2.18. The minimum absolute atomic E-state index is 0.101. The van der Waals surface area contributed by atoms with Gasteiger partial charge in [0.1, 0.15) is 0 Å². The van der Waals surface area contributed by atoms with E-state index in [0.717, 1.165) is 0 Å². The van der Waals surface area contributed by atoms with Crippen molar-refractivity contribution in [3.8, 4) is 0 Å². The first-order valence-corrected chi connectivity index (χ1v) is 4.66. The Balaban J connectivity index is 4.27. The average molecular weight is 229 g/mol. The summed E-state index contributed by atoms with van der Waals surface area (Å²) in [6.45, 7) is 2.56. The lowest BCUT2D eigenvalue weighted by atomic mass is 10.3. The van der Waals surface area contributed by atoms with E-state index in [1.165, 1.54) is 19.1 Å². The van der Waals surface area contributed by atoms with E-state index in [2.05, 4.69) is 0 Å². The summed E-state index contributed by atoms with van der Waals surface area (Å²) in [6, 6.07) is -0.209. The quantitative estimate of drug-likeness (QED) is 0.649. The van der Waals surface area contributed by atoms with Crippen molar-refractivity contribution in [3.63, 3.8) is 0 Å². The maximum Gasteiger partial charge on any atom is 0.401 e. The monoisotopic (exact) mass is 229 g/mol. The third-order valence-corrected chi connectivity index (χ3v) is 2.02. The molecule has 0 aromatic rings. The molecule has 0 aromatic carbocycles. The molecule has 0 aliphatic carbocycles. The van der Waals surface area contributed by atoms with Gasteiger partial charge in [-0.15, -0.1) is 0 Å². The molecule has 0 saturated heterocycles. The van der Waals surface area contributed by atoms with Crippen molar-refractivity contribution < 1.29 is 22.6 Å². The molecule has 3 nitrogen and oxygen atoms in total. The number of alkyl halides is 3. The predicted molar refractivity (Wildman–Crippen MR) is 50.6 cm³/mol. The first-order chi connectivity index (χ1) is 6.80. The summed E-state index contributed by atoms with van der Waals surface area (Å²) in [6.07, 6.45) is -4.83. The van der Waals surface area contributed by atoms with Crippen molar-refractivity contribution in [3.05, 3.63) is 0 Å². The molecule has 0 spiro atoms. The van der Waals surface area contributed by atoms with Gasteiger partial charge in [-0.3, -0.25) is 4.90 Å². The zero-order valence-corrected chi connectivity index (χ0v) is 9.47. The lowest BCUT2D eigenvalue weighted by Gasteiger charge is -2.29. The minimum Gasteiger partial charge on any atom is -0.355 e. The molecular formula is C9H18F3NO2. The smallest absolute Gasteiger partial charge is 0.355 e. The predicted octanol–water partition coefficient (Wildman–Crippen LogP) is 1.88. The maximum atomic E-state index is 12.2. The van der Waals surface area contributed by atoms with Crippen LogP contribution in [0.2, 0.25) is 0 Å². The van der Waals surface area contributed by atoms with Gasteiger partial charge < -0.3 is 9.47 Å². The Labute approximate surface area is 88.1 Å². The van der Waals surface area contributed by atoms with Crippen LogP contribution in [0.15, 0.2) is 0 Å². The third kappa shape index (κ3) is 6.70. The molecule has 0 heterocycles. The number of methoxy groups -OCH3 is 2. The van der Waals surface area contributed by atoms with Gasteiger partial charge in [-0.05, 0) is 13.8 Å². The van der Waals surface area contributed by atoms with Gasteiger partial charge in [-0.25, -0.2) is 0 Å². The lowest BCUT2D eigenvalue weighted by molar-refractivity contribution is -0.169. The summed E-state index contributed by atoms with van der Waals surface area (Å²) in [5.41, 5.74) is 0. The molecule has 0 atom stereocenters. The Bertz CT molecular complexity index is 169. The van der Waals surface area contributed by atoms with Gasteiger partial charge in [0.2, 0.25) is 0 Å². The number of hydrogen-bond donors (Lipinski definition) is 0. The van der Waals surface area contributed by atoms with Crippen molar-refractivity contribution in [2.45, 2.75) is 32.4 Å². The summed E-state index contributed by atoms with van der Waals surface area (Å²) in [7, 11) is 2.81. The van der Waals surface area contributed by atoms with Gasteiger partial charge in [0.25, 0.3) is 0 Å². The van der Waals surface area contributed by atoms with Crippen LogP contribution in [-0.4, -0.2) is 50.7 Å². The molecule has 0 radical (unpaired) electrons. The van der Waals surface area contributed by atoms with E-state index in [9.17, 15) is 13.2 Å². The highest BCUT2D eigenvalue weighted by Gasteiger charge is 2.32. The topological polar surface area (TPSA) is 21.7 Å². The summed E-state index contributed by atoms with van der Waals surface area (Å²) in [5.74, 6) is 0. The molecule has 0 saturated carbocycles. The van der Waals surface area contributed by atoms with E-state index < -0.39 is 19.0 Å². The Morgan fingerprint density at radius 3 is 1.87 bits per heavy atom. The molecule has 15 heavy (non-hydrogen) atoms. The van der Waals surface area contributed by atoms with Crippen LogP contribution in [0.5, 0.6) is 0 Å². The van der Waals surface area contributed by atoms with Crippen molar-refractivity contribution in [2.24, 2.45) is 0 Å². The highest BCUT2D eigenvalue weighted by molar-refractivity contribution is 4.68. The maximum absolute atomic E-state index is 12.2. The van der Waals surface area contributed by atoms with Gasteiger partial charge in [-0.2, -0.15) is 13.2 Å². The molecule has 0 aliphatic heterocycles. The second kappa shape index (κ2) is 6.30. The van der Waals surface area contributed by atoms with Crippen molar-refractivity contribution in [2.75, 3.05) is 27.3 Å². The van der Waals surface area contributed by atoms with Gasteiger partial charge in [-0.1, -0.05) is 0 Å². The zero-order valence-electron chi connectivity index (χ0n) is 9.47. The number of hydrogen-bond acceptors (Lipinski definition) is 3. The third-order valence-electron chi connectivity index (χ3n) is 2.02. The summed E-state index contributed by atoms with van der Waals surface area (Å²) in [4.78, 5) is 1.26. The normalized spacial score (nSPS) is 13.2. The number of rotatable bonds is 6. The average Bonchev–Trinajstić information content (AvgIpc) is 2.09. The highest BCUT2D eigenvalue weighted by atomic mass is 19.4. The summed E-state index contributed by atoms with van der Waals surface area (Å²) in [5, 5.41) is 0.